The van der Waals surface area contributed by atoms with Crippen LogP contribution in [0.25, 0.3) is 0 Å². The molecule has 0 aromatic heterocycles. The van der Waals surface area contributed by atoms with E-state index in [1.165, 1.54) is 19.3 Å². The van der Waals surface area contributed by atoms with Crippen LogP contribution in [0.3, 0.4) is 0 Å². The molecule has 0 spiro atoms. The van der Waals surface area contributed by atoms with Crippen LogP contribution < -0.4 is 0 Å². The fraction of sp³-hybridized carbons (Fsp3) is 0.938. The fourth-order valence-electron chi connectivity index (χ4n) is 2.16. The van der Waals surface area contributed by atoms with Crippen LogP contribution in [0.4, 0.5) is 0 Å². The smallest absolute Gasteiger partial charge is 0.308 e. The van der Waals surface area contributed by atoms with Crippen molar-refractivity contribution in [1.82, 2.24) is 0 Å². The van der Waals surface area contributed by atoms with Crippen molar-refractivity contribution in [2.45, 2.75) is 79.1 Å². The van der Waals surface area contributed by atoms with Crippen molar-refractivity contribution in [2.75, 3.05) is 6.61 Å². The van der Waals surface area contributed by atoms with E-state index in [1.54, 1.807) is 0 Å². The van der Waals surface area contributed by atoms with Gasteiger partial charge in [0.1, 0.15) is 0 Å². The molecule has 0 aromatic carbocycles. The van der Waals surface area contributed by atoms with Crippen LogP contribution in [0.15, 0.2) is 0 Å². The van der Waals surface area contributed by atoms with Crippen LogP contribution in [-0.2, 0) is 9.53 Å². The molecule has 0 heterocycles. The summed E-state index contributed by atoms with van der Waals surface area (Å²) in [7, 11) is 0. The third-order valence-electron chi connectivity index (χ3n) is 3.74. The predicted octanol–water partition coefficient (Wildman–Crippen LogP) is 4.96. The maximum atomic E-state index is 12.0. The fourth-order valence-corrected chi connectivity index (χ4v) is 2.16. The van der Waals surface area contributed by atoms with E-state index in [9.17, 15) is 4.79 Å². The molecule has 0 saturated heterocycles. The first-order valence-electron chi connectivity index (χ1n) is 7.86. The van der Waals surface area contributed by atoms with Crippen molar-refractivity contribution in [3.8, 4) is 0 Å². The lowest BCUT2D eigenvalue weighted by molar-refractivity contribution is -0.150. The number of rotatable bonds is 11. The lowest BCUT2D eigenvalue weighted by atomic mass is 9.98. The second-order valence-electron chi connectivity index (χ2n) is 5.29. The van der Waals surface area contributed by atoms with Gasteiger partial charge in [-0.1, -0.05) is 59.8 Å². The Morgan fingerprint density at radius 1 is 0.944 bits per heavy atom. The Morgan fingerprint density at radius 2 is 1.56 bits per heavy atom. The Hall–Kier alpha value is -0.530. The highest BCUT2D eigenvalue weighted by Crippen LogP contribution is 2.17. The highest BCUT2D eigenvalue weighted by molar-refractivity contribution is 5.72. The number of unbranched alkanes of at least 4 members (excludes halogenated alkanes) is 2. The molecule has 18 heavy (non-hydrogen) atoms. The predicted molar refractivity (Wildman–Crippen MR) is 77.6 cm³/mol. The van der Waals surface area contributed by atoms with E-state index in [4.69, 9.17) is 4.74 Å². The molecule has 2 heteroatoms. The van der Waals surface area contributed by atoms with E-state index in [0.29, 0.717) is 12.5 Å². The van der Waals surface area contributed by atoms with Gasteiger partial charge in [0.2, 0.25) is 0 Å². The van der Waals surface area contributed by atoms with Gasteiger partial charge in [-0.15, -0.1) is 0 Å². The van der Waals surface area contributed by atoms with Crippen LogP contribution >= 0.6 is 0 Å². The minimum absolute atomic E-state index is 0.0286. The second kappa shape index (κ2) is 11.6. The van der Waals surface area contributed by atoms with E-state index in [-0.39, 0.29) is 11.9 Å². The average molecular weight is 256 g/mol. The van der Waals surface area contributed by atoms with Crippen LogP contribution in [0.2, 0.25) is 0 Å². The highest BCUT2D eigenvalue weighted by atomic mass is 16.5. The van der Waals surface area contributed by atoms with E-state index >= 15 is 0 Å². The maximum Gasteiger partial charge on any atom is 0.308 e. The van der Waals surface area contributed by atoms with Crippen molar-refractivity contribution in [1.29, 1.82) is 0 Å². The first-order valence-corrected chi connectivity index (χ1v) is 7.86. The van der Waals surface area contributed by atoms with Gasteiger partial charge in [0.05, 0.1) is 12.5 Å². The zero-order chi connectivity index (χ0) is 13.8. The first kappa shape index (κ1) is 17.5. The van der Waals surface area contributed by atoms with E-state index < -0.39 is 0 Å². The third kappa shape index (κ3) is 7.73. The second-order valence-corrected chi connectivity index (χ2v) is 5.29. The molecule has 0 fully saturated rings. The van der Waals surface area contributed by atoms with Crippen molar-refractivity contribution >= 4 is 5.97 Å². The summed E-state index contributed by atoms with van der Waals surface area (Å²) in [4.78, 5) is 12.0. The van der Waals surface area contributed by atoms with Crippen LogP contribution in [0, 0.1) is 11.8 Å². The van der Waals surface area contributed by atoms with Crippen molar-refractivity contribution in [3.63, 3.8) is 0 Å². The quantitative estimate of drug-likeness (QED) is 0.488. The molecule has 0 bridgehead atoms. The van der Waals surface area contributed by atoms with Gasteiger partial charge in [-0.25, -0.2) is 0 Å². The number of carbonyl (C=O) groups excluding carboxylic acids is 1. The monoisotopic (exact) mass is 256 g/mol. The van der Waals surface area contributed by atoms with Gasteiger partial charge in [0.25, 0.3) is 0 Å². The van der Waals surface area contributed by atoms with Gasteiger partial charge in [0.15, 0.2) is 0 Å². The Balaban J connectivity index is 3.95. The molecule has 0 aliphatic heterocycles. The van der Waals surface area contributed by atoms with Crippen molar-refractivity contribution in [3.05, 3.63) is 0 Å². The summed E-state index contributed by atoms with van der Waals surface area (Å²) in [6, 6.07) is 0. The van der Waals surface area contributed by atoms with E-state index in [1.807, 2.05) is 0 Å². The van der Waals surface area contributed by atoms with Gasteiger partial charge in [-0.2, -0.15) is 0 Å². The van der Waals surface area contributed by atoms with Crippen molar-refractivity contribution in [2.24, 2.45) is 11.8 Å². The minimum Gasteiger partial charge on any atom is -0.465 e. The summed E-state index contributed by atoms with van der Waals surface area (Å²) in [6.45, 7) is 9.25. The molecule has 0 saturated carbocycles. The van der Waals surface area contributed by atoms with E-state index in [0.717, 1.165) is 32.1 Å². The largest absolute Gasteiger partial charge is 0.465 e. The number of hydrogen-bond donors (Lipinski definition) is 0. The third-order valence-corrected chi connectivity index (χ3v) is 3.74. The average Bonchev–Trinajstić information content (AvgIpc) is 2.39. The molecule has 2 nitrogen and oxygen atoms in total. The summed E-state index contributed by atoms with van der Waals surface area (Å²) in [6.07, 6.45) is 8.92. The summed E-state index contributed by atoms with van der Waals surface area (Å²) in [5.74, 6) is 0.701. The molecule has 0 N–H and O–H groups in total. The van der Waals surface area contributed by atoms with Crippen LogP contribution in [-0.4, -0.2) is 12.6 Å². The standard InChI is InChI=1S/C16H32O2/c1-5-9-11-14(7-3)13-18-16(17)15(8-4)12-10-6-2/h14-15H,5-13H2,1-4H3/t14-,15+/m0/s1. The molecular formula is C16H32O2. The van der Waals surface area contributed by atoms with E-state index in [2.05, 4.69) is 27.7 Å². The van der Waals surface area contributed by atoms with Gasteiger partial charge in [-0.3, -0.25) is 4.79 Å². The number of hydrogen-bond acceptors (Lipinski definition) is 2. The minimum atomic E-state index is 0.0286. The lowest BCUT2D eigenvalue weighted by Crippen LogP contribution is -2.21. The van der Waals surface area contributed by atoms with Gasteiger partial charge >= 0.3 is 5.97 Å². The molecular weight excluding hydrogens is 224 g/mol. The highest BCUT2D eigenvalue weighted by Gasteiger charge is 2.18. The molecule has 0 amide bonds. The number of esters is 1. The molecule has 0 radical (unpaired) electrons. The SMILES string of the molecule is CCCC[C@H](CC)COC(=O)[C@H](CC)CCCC. The van der Waals surface area contributed by atoms with Crippen LogP contribution in [0.1, 0.15) is 79.1 Å². The summed E-state index contributed by atoms with van der Waals surface area (Å²) >= 11 is 0. The van der Waals surface area contributed by atoms with Crippen molar-refractivity contribution < 1.29 is 9.53 Å². The lowest BCUT2D eigenvalue weighted by Gasteiger charge is -2.18. The summed E-state index contributed by atoms with van der Waals surface area (Å²) in [5.41, 5.74) is 0. The molecule has 0 aliphatic carbocycles. The summed E-state index contributed by atoms with van der Waals surface area (Å²) < 4.78 is 5.50. The molecule has 0 rings (SSSR count). The molecule has 108 valence electrons. The van der Waals surface area contributed by atoms with Gasteiger partial charge in [0, 0.05) is 0 Å². The zero-order valence-corrected chi connectivity index (χ0v) is 12.8. The summed E-state index contributed by atoms with van der Waals surface area (Å²) in [5, 5.41) is 0. The molecule has 0 aromatic rings. The molecule has 0 aliphatic rings. The number of ether oxygens (including phenoxy) is 1. The Morgan fingerprint density at radius 3 is 2.06 bits per heavy atom. The topological polar surface area (TPSA) is 26.3 Å². The Kier molecular flexibility index (Phi) is 11.2. The Bertz CT molecular complexity index is 201. The Labute approximate surface area is 113 Å². The molecule has 0 unspecified atom stereocenters. The zero-order valence-electron chi connectivity index (χ0n) is 12.8. The normalized spacial score (nSPS) is 14.2. The molecule has 2 atom stereocenters. The first-order chi connectivity index (χ1) is 8.69. The number of carbonyl (C=O) groups is 1. The maximum absolute atomic E-state index is 12.0. The van der Waals surface area contributed by atoms with Crippen LogP contribution in [0.5, 0.6) is 0 Å². The van der Waals surface area contributed by atoms with Gasteiger partial charge in [-0.05, 0) is 25.2 Å². The van der Waals surface area contributed by atoms with Gasteiger partial charge < -0.3 is 4.74 Å².